The van der Waals surface area contributed by atoms with Gasteiger partial charge < -0.3 is 20.4 Å². The second-order valence-electron chi connectivity index (χ2n) is 4.95. The predicted octanol–water partition coefficient (Wildman–Crippen LogP) is -1.34. The minimum atomic E-state index is -4.23. The zero-order valence-electron chi connectivity index (χ0n) is 13.3. The van der Waals surface area contributed by atoms with Gasteiger partial charge >= 0.3 is 7.60 Å². The average Bonchev–Trinajstić information content (AvgIpc) is 3.01. The van der Waals surface area contributed by atoms with Crippen molar-refractivity contribution in [2.45, 2.75) is 13.0 Å². The van der Waals surface area contributed by atoms with Crippen molar-refractivity contribution in [2.75, 3.05) is 36.3 Å². The van der Waals surface area contributed by atoms with Crippen LogP contribution in [0.3, 0.4) is 0 Å². The highest BCUT2D eigenvalue weighted by molar-refractivity contribution is 7.99. The molecule has 136 valence electrons. The number of nitrogens with zero attached hydrogens (tertiary/aromatic N) is 5. The molecule has 0 saturated carbocycles. The number of tetrazole rings is 1. The zero-order valence-corrected chi connectivity index (χ0v) is 15.0. The van der Waals surface area contributed by atoms with Crippen LogP contribution in [0, 0.1) is 5.41 Å². The van der Waals surface area contributed by atoms with Gasteiger partial charge in [-0.25, -0.2) is 0 Å². The Morgan fingerprint density at radius 3 is 2.71 bits per heavy atom. The number of likely N-dealkylation sites (N-methyl/N-ethyl adjacent to an activating group) is 1. The van der Waals surface area contributed by atoms with E-state index in [1.54, 1.807) is 0 Å². The summed E-state index contributed by atoms with van der Waals surface area (Å²) in [5.41, 5.74) is 5.82. The first-order valence-corrected chi connectivity index (χ1v) is 9.76. The third-order valence-corrected chi connectivity index (χ3v) is 4.69. The van der Waals surface area contributed by atoms with Crippen LogP contribution in [0.1, 0.15) is 6.92 Å². The Morgan fingerprint density at radius 1 is 1.54 bits per heavy atom. The number of H-pyrrole nitrogens is 1. The minimum absolute atomic E-state index is 0.0659. The number of hydrogen-bond acceptors (Lipinski definition) is 8. The van der Waals surface area contributed by atoms with E-state index >= 15 is 0 Å². The van der Waals surface area contributed by atoms with Gasteiger partial charge in [0, 0.05) is 25.1 Å². The Kier molecular flexibility index (Phi) is 7.76. The number of hydrogen-bond donors (Lipinski definition) is 5. The number of thioether (sulfide) groups is 1. The average molecular weight is 380 g/mol. The van der Waals surface area contributed by atoms with Crippen molar-refractivity contribution in [2.24, 2.45) is 5.73 Å². The number of nitrogens with two attached hydrogens (primary N) is 1. The molecule has 1 heterocycles. The molecule has 1 rings (SSSR count). The molecule has 24 heavy (non-hydrogen) atoms. The molecule has 0 aliphatic heterocycles. The van der Waals surface area contributed by atoms with Crippen molar-refractivity contribution in [3.63, 3.8) is 0 Å². The topological polar surface area (TPSA) is 185 Å². The fourth-order valence-electron chi connectivity index (χ4n) is 1.67. The van der Waals surface area contributed by atoms with Gasteiger partial charge in [-0.15, -0.1) is 5.10 Å². The highest BCUT2D eigenvalue weighted by Gasteiger charge is 2.22. The number of amidine groups is 1. The number of rotatable bonds is 9. The Morgan fingerprint density at radius 2 is 2.21 bits per heavy atom. The van der Waals surface area contributed by atoms with Gasteiger partial charge in [-0.1, -0.05) is 5.10 Å². The van der Waals surface area contributed by atoms with E-state index in [1.165, 1.54) is 35.5 Å². The smallest absolute Gasteiger partial charge is 0.344 e. The summed E-state index contributed by atoms with van der Waals surface area (Å²) >= 11 is 1.35. The van der Waals surface area contributed by atoms with E-state index in [9.17, 15) is 9.36 Å². The van der Waals surface area contributed by atoms with Crippen LogP contribution in [0.2, 0.25) is 0 Å². The molecule has 0 saturated heterocycles. The van der Waals surface area contributed by atoms with Crippen molar-refractivity contribution in [1.82, 2.24) is 25.5 Å². The molecule has 1 atom stereocenters. The third-order valence-electron chi connectivity index (χ3n) is 2.91. The van der Waals surface area contributed by atoms with E-state index in [1.807, 2.05) is 0 Å². The monoisotopic (exact) mass is 380 g/mol. The maximum Gasteiger partial charge on any atom is 0.344 e. The molecule has 0 aliphatic rings. The molecule has 14 heteroatoms. The lowest BCUT2D eigenvalue weighted by molar-refractivity contribution is -0.119. The summed E-state index contributed by atoms with van der Waals surface area (Å²) < 4.78 is 11.0. The first kappa shape index (κ1) is 20.5. The van der Waals surface area contributed by atoms with Gasteiger partial charge in [-0.3, -0.25) is 19.7 Å². The fourth-order valence-corrected chi connectivity index (χ4v) is 3.38. The van der Waals surface area contributed by atoms with Crippen LogP contribution >= 0.6 is 19.4 Å². The van der Waals surface area contributed by atoms with Crippen LogP contribution in [0.15, 0.2) is 0 Å². The number of anilines is 1. The van der Waals surface area contributed by atoms with Crippen LogP contribution in [0.5, 0.6) is 0 Å². The number of aromatic amines is 1. The van der Waals surface area contributed by atoms with Crippen molar-refractivity contribution < 1.29 is 19.1 Å². The van der Waals surface area contributed by atoms with Gasteiger partial charge in [0.2, 0.25) is 5.91 Å². The molecule has 0 bridgehead atoms. The molecule has 0 radical (unpaired) electrons. The molecular formula is C10H21N8O4PS. The van der Waals surface area contributed by atoms with Gasteiger partial charge in [0.05, 0.1) is 11.9 Å². The number of aromatic nitrogens is 4. The van der Waals surface area contributed by atoms with E-state index in [0.717, 1.165) is 0 Å². The van der Waals surface area contributed by atoms with Gasteiger partial charge in [0.25, 0.3) is 5.95 Å². The molecule has 0 spiro atoms. The molecule has 0 aliphatic carbocycles. The summed E-state index contributed by atoms with van der Waals surface area (Å²) in [5, 5.41) is 20.5. The third kappa shape index (κ3) is 6.93. The number of carbonyl (C=O) groups is 1. The van der Waals surface area contributed by atoms with Crippen molar-refractivity contribution >= 4 is 37.0 Å². The standard InChI is InChI=1S/C10H21N8O4PS/c1-7(11)18(6-23(20,21)22)3-4-24-5-8(12)9(19)17(2)10-13-15-16-14-10/h8,11H,3-6,12H2,1-2H3,(H2,20,21,22)(H,13,14,15,16)/t8-/m0/s1. The first-order valence-electron chi connectivity index (χ1n) is 6.81. The van der Waals surface area contributed by atoms with Crippen LogP contribution < -0.4 is 10.6 Å². The van der Waals surface area contributed by atoms with Crippen molar-refractivity contribution in [3.8, 4) is 0 Å². The summed E-state index contributed by atoms with van der Waals surface area (Å²) in [6, 6.07) is -0.783. The van der Waals surface area contributed by atoms with Crippen LogP contribution in [-0.2, 0) is 9.36 Å². The predicted molar refractivity (Wildman–Crippen MR) is 89.9 cm³/mol. The van der Waals surface area contributed by atoms with Gasteiger partial charge in [-0.05, 0) is 12.1 Å². The molecule has 1 aromatic heterocycles. The fraction of sp³-hybridized carbons (Fsp3) is 0.700. The zero-order chi connectivity index (χ0) is 18.3. The summed E-state index contributed by atoms with van der Waals surface area (Å²) in [7, 11) is -2.75. The minimum Gasteiger partial charge on any atom is -0.348 e. The second kappa shape index (κ2) is 9.08. The maximum atomic E-state index is 12.1. The quantitative estimate of drug-likeness (QED) is 0.148. The molecule has 6 N–H and O–H groups in total. The number of nitrogens with one attached hydrogen (secondary N) is 2. The van der Waals surface area contributed by atoms with Gasteiger partial charge in [0.1, 0.15) is 6.29 Å². The highest BCUT2D eigenvalue weighted by Crippen LogP contribution is 2.35. The Labute approximate surface area is 142 Å². The molecule has 1 aromatic rings. The Bertz CT molecular complexity index is 594. The first-order chi connectivity index (χ1) is 11.1. The van der Waals surface area contributed by atoms with Crippen molar-refractivity contribution in [3.05, 3.63) is 0 Å². The maximum absolute atomic E-state index is 12.1. The van der Waals surface area contributed by atoms with Crippen LogP contribution in [0.4, 0.5) is 5.95 Å². The summed E-state index contributed by atoms with van der Waals surface area (Å²) in [5.74, 6) is 0.577. The van der Waals surface area contributed by atoms with E-state index in [4.69, 9.17) is 20.9 Å². The molecule has 0 unspecified atom stereocenters. The molecular weight excluding hydrogens is 359 g/mol. The number of amides is 1. The SMILES string of the molecule is CC(=N)N(CCSC[C@H](N)C(=O)N(C)c1nn[nH]n1)CP(=O)(O)O. The lowest BCUT2D eigenvalue weighted by Crippen LogP contribution is -2.44. The summed E-state index contributed by atoms with van der Waals surface area (Å²) in [6.07, 6.45) is -0.506. The molecule has 0 fully saturated rings. The second-order valence-corrected chi connectivity index (χ2v) is 7.71. The Hall–Kier alpha value is -1.53. The van der Waals surface area contributed by atoms with Crippen molar-refractivity contribution in [1.29, 1.82) is 5.41 Å². The molecule has 1 amide bonds. The Balaban J connectivity index is 2.39. The van der Waals surface area contributed by atoms with Gasteiger partial charge in [0.15, 0.2) is 0 Å². The van der Waals surface area contributed by atoms with Crippen LogP contribution in [0.25, 0.3) is 0 Å². The lowest BCUT2D eigenvalue weighted by atomic mass is 10.3. The lowest BCUT2D eigenvalue weighted by Gasteiger charge is -2.23. The summed E-state index contributed by atoms with van der Waals surface area (Å²) in [4.78, 5) is 32.5. The van der Waals surface area contributed by atoms with E-state index in [-0.39, 0.29) is 24.2 Å². The van der Waals surface area contributed by atoms with Crippen LogP contribution in [-0.4, -0.2) is 84.5 Å². The number of carbonyl (C=O) groups excluding carboxylic acids is 1. The van der Waals surface area contributed by atoms with E-state index < -0.39 is 19.9 Å². The van der Waals surface area contributed by atoms with Gasteiger partial charge in [-0.2, -0.15) is 17.0 Å². The van der Waals surface area contributed by atoms with E-state index in [0.29, 0.717) is 11.5 Å². The highest BCUT2D eigenvalue weighted by atomic mass is 32.2. The normalized spacial score (nSPS) is 12.7. The largest absolute Gasteiger partial charge is 0.348 e. The summed E-state index contributed by atoms with van der Waals surface area (Å²) in [6.45, 7) is 1.72. The van der Waals surface area contributed by atoms with E-state index in [2.05, 4.69) is 20.6 Å². The molecule has 12 nitrogen and oxygen atoms in total. The molecule has 0 aromatic carbocycles.